The van der Waals surface area contributed by atoms with E-state index in [9.17, 15) is 26.4 Å². The van der Waals surface area contributed by atoms with Crippen LogP contribution in [-0.2, 0) is 14.8 Å². The molecule has 3 N–H and O–H groups in total. The molecule has 0 saturated carbocycles. The van der Waals surface area contributed by atoms with E-state index >= 15 is 0 Å². The normalized spacial score (nSPS) is 13.3. The molecule has 0 fully saturated rings. The average Bonchev–Trinajstić information content (AvgIpc) is 2.23. The fourth-order valence-electron chi connectivity index (χ4n) is 1.20. The Morgan fingerprint density at radius 3 is 2.11 bits per heavy atom. The largest absolute Gasteiger partial charge is 0.480 e. The molecule has 0 bridgehead atoms. The van der Waals surface area contributed by atoms with E-state index < -0.39 is 51.0 Å². The van der Waals surface area contributed by atoms with Crippen molar-refractivity contribution in [3.05, 3.63) is 29.6 Å². The van der Waals surface area contributed by atoms with Gasteiger partial charge in [-0.1, -0.05) is 0 Å². The van der Waals surface area contributed by atoms with Gasteiger partial charge in [-0.3, -0.25) is 4.79 Å². The van der Waals surface area contributed by atoms with Gasteiger partial charge in [-0.05, 0) is 0 Å². The molecule has 0 radical (unpaired) electrons. The molecule has 19 heavy (non-hydrogen) atoms. The third-order valence-electron chi connectivity index (χ3n) is 2.01. The van der Waals surface area contributed by atoms with Crippen molar-refractivity contribution in [2.75, 3.05) is 6.61 Å². The van der Waals surface area contributed by atoms with E-state index in [0.717, 1.165) is 0 Å². The summed E-state index contributed by atoms with van der Waals surface area (Å²) in [5, 5.41) is 17.2. The Bertz CT molecular complexity index is 581. The number of carbonyl (C=O) groups is 1. The second-order valence-corrected chi connectivity index (χ2v) is 5.04. The fraction of sp³-hybridized carbons (Fsp3) is 0.222. The molecule has 0 aliphatic heterocycles. The van der Waals surface area contributed by atoms with Gasteiger partial charge in [0.2, 0.25) is 10.0 Å². The Hall–Kier alpha value is -1.65. The van der Waals surface area contributed by atoms with E-state index in [1.54, 1.807) is 0 Å². The molecule has 1 unspecified atom stereocenters. The number of aliphatic hydroxyl groups excluding tert-OH is 1. The average molecular weight is 299 g/mol. The molecule has 1 aromatic carbocycles. The van der Waals surface area contributed by atoms with Crippen LogP contribution in [-0.4, -0.2) is 37.2 Å². The number of aliphatic carboxylic acids is 1. The van der Waals surface area contributed by atoms with Gasteiger partial charge in [0, 0.05) is 12.1 Å². The minimum atomic E-state index is -4.90. The van der Waals surface area contributed by atoms with E-state index in [1.165, 1.54) is 4.72 Å². The number of nitrogens with one attached hydrogen (secondary N) is 1. The van der Waals surface area contributed by atoms with Crippen molar-refractivity contribution in [3.63, 3.8) is 0 Å². The van der Waals surface area contributed by atoms with Gasteiger partial charge in [-0.2, -0.15) is 4.72 Å². The maximum Gasteiger partial charge on any atom is 0.324 e. The van der Waals surface area contributed by atoms with Crippen LogP contribution in [0.4, 0.5) is 13.2 Å². The van der Waals surface area contributed by atoms with Crippen molar-refractivity contribution in [2.24, 2.45) is 0 Å². The second-order valence-electron chi connectivity index (χ2n) is 3.39. The van der Waals surface area contributed by atoms with Gasteiger partial charge >= 0.3 is 5.97 Å². The molecule has 0 heterocycles. The molecular formula is C9H8F3NO5S. The standard InChI is InChI=1S/C9H8F3NO5S/c10-4-1-5(11)8(6(12)2-4)19(17,18)13-7(3-14)9(15)16/h1-2,7,13-14H,3H2,(H,15,16). The van der Waals surface area contributed by atoms with Crippen LogP contribution < -0.4 is 4.72 Å². The summed E-state index contributed by atoms with van der Waals surface area (Å²) in [5.41, 5.74) is 0. The van der Waals surface area contributed by atoms with Gasteiger partial charge in [0.15, 0.2) is 4.90 Å². The van der Waals surface area contributed by atoms with Crippen molar-refractivity contribution < 1.29 is 36.6 Å². The minimum Gasteiger partial charge on any atom is -0.480 e. The second kappa shape index (κ2) is 5.55. The lowest BCUT2D eigenvalue weighted by Crippen LogP contribution is -2.43. The first-order chi connectivity index (χ1) is 8.69. The number of benzene rings is 1. The van der Waals surface area contributed by atoms with Gasteiger partial charge in [0.25, 0.3) is 0 Å². The lowest BCUT2D eigenvalue weighted by molar-refractivity contribution is -0.139. The highest BCUT2D eigenvalue weighted by Crippen LogP contribution is 2.20. The zero-order valence-corrected chi connectivity index (χ0v) is 9.92. The SMILES string of the molecule is O=C(O)C(CO)NS(=O)(=O)c1c(F)cc(F)cc1F. The zero-order valence-electron chi connectivity index (χ0n) is 9.10. The van der Waals surface area contributed by atoms with Gasteiger partial charge in [-0.25, -0.2) is 21.6 Å². The van der Waals surface area contributed by atoms with Crippen molar-refractivity contribution in [1.82, 2.24) is 4.72 Å². The Labute approximate surface area is 105 Å². The Kier molecular flexibility index (Phi) is 4.50. The number of sulfonamides is 1. The number of carboxylic acid groups (broad SMARTS) is 1. The Balaban J connectivity index is 3.25. The minimum absolute atomic E-state index is 0.131. The molecule has 0 aliphatic carbocycles. The number of rotatable bonds is 5. The van der Waals surface area contributed by atoms with Crippen molar-refractivity contribution in [1.29, 1.82) is 0 Å². The van der Waals surface area contributed by atoms with Crippen LogP contribution in [0.15, 0.2) is 17.0 Å². The van der Waals surface area contributed by atoms with Crippen LogP contribution in [0.5, 0.6) is 0 Å². The van der Waals surface area contributed by atoms with Gasteiger partial charge in [0.1, 0.15) is 23.5 Å². The molecule has 0 amide bonds. The van der Waals surface area contributed by atoms with Gasteiger partial charge in [-0.15, -0.1) is 0 Å². The van der Waals surface area contributed by atoms with Crippen LogP contribution in [0.25, 0.3) is 0 Å². The summed E-state index contributed by atoms with van der Waals surface area (Å²) in [6.45, 7) is -1.13. The maximum absolute atomic E-state index is 13.3. The Morgan fingerprint density at radius 2 is 1.74 bits per heavy atom. The number of hydrogen-bond donors (Lipinski definition) is 3. The quantitative estimate of drug-likeness (QED) is 0.700. The summed E-state index contributed by atoms with van der Waals surface area (Å²) in [7, 11) is -4.90. The first-order valence-corrected chi connectivity index (χ1v) is 6.18. The molecule has 10 heteroatoms. The van der Waals surface area contributed by atoms with Crippen LogP contribution in [0.3, 0.4) is 0 Å². The predicted octanol–water partition coefficient (Wildman–Crippen LogP) is -0.172. The van der Waals surface area contributed by atoms with E-state index in [0.29, 0.717) is 0 Å². The number of hydrogen-bond acceptors (Lipinski definition) is 4. The third kappa shape index (κ3) is 3.43. The Morgan fingerprint density at radius 1 is 1.26 bits per heavy atom. The molecule has 0 aliphatic rings. The number of carboxylic acids is 1. The topological polar surface area (TPSA) is 104 Å². The first-order valence-electron chi connectivity index (χ1n) is 4.69. The molecule has 1 rings (SSSR count). The molecule has 0 spiro atoms. The van der Waals surface area contributed by atoms with E-state index in [2.05, 4.69) is 0 Å². The number of halogens is 3. The third-order valence-corrected chi connectivity index (χ3v) is 3.53. The van der Waals surface area contributed by atoms with Crippen molar-refractivity contribution >= 4 is 16.0 Å². The summed E-state index contributed by atoms with van der Waals surface area (Å²) < 4.78 is 63.7. The van der Waals surface area contributed by atoms with Crippen LogP contribution in [0.1, 0.15) is 0 Å². The summed E-state index contributed by atoms with van der Waals surface area (Å²) in [6, 6.07) is -1.72. The fourth-order valence-corrected chi connectivity index (χ4v) is 2.50. The molecule has 0 aromatic heterocycles. The molecule has 0 saturated heterocycles. The summed E-state index contributed by atoms with van der Waals surface area (Å²) in [5.74, 6) is -6.50. The maximum atomic E-state index is 13.3. The predicted molar refractivity (Wildman–Crippen MR) is 55.1 cm³/mol. The molecule has 6 nitrogen and oxygen atoms in total. The highest BCUT2D eigenvalue weighted by atomic mass is 32.2. The molecular weight excluding hydrogens is 291 g/mol. The van der Waals surface area contributed by atoms with E-state index in [4.69, 9.17) is 10.2 Å². The van der Waals surface area contributed by atoms with Crippen molar-refractivity contribution in [2.45, 2.75) is 10.9 Å². The van der Waals surface area contributed by atoms with E-state index in [1.807, 2.05) is 0 Å². The monoisotopic (exact) mass is 299 g/mol. The van der Waals surface area contributed by atoms with Crippen LogP contribution in [0, 0.1) is 17.5 Å². The summed E-state index contributed by atoms with van der Waals surface area (Å²) >= 11 is 0. The summed E-state index contributed by atoms with van der Waals surface area (Å²) in [4.78, 5) is 9.01. The smallest absolute Gasteiger partial charge is 0.324 e. The number of aliphatic hydroxyl groups is 1. The highest BCUT2D eigenvalue weighted by molar-refractivity contribution is 7.89. The molecule has 1 aromatic rings. The lowest BCUT2D eigenvalue weighted by atomic mass is 10.3. The lowest BCUT2D eigenvalue weighted by Gasteiger charge is -2.13. The van der Waals surface area contributed by atoms with Crippen LogP contribution >= 0.6 is 0 Å². The van der Waals surface area contributed by atoms with Crippen LogP contribution in [0.2, 0.25) is 0 Å². The van der Waals surface area contributed by atoms with Crippen molar-refractivity contribution in [3.8, 4) is 0 Å². The van der Waals surface area contributed by atoms with E-state index in [-0.39, 0.29) is 12.1 Å². The zero-order chi connectivity index (χ0) is 14.8. The highest BCUT2D eigenvalue weighted by Gasteiger charge is 2.30. The van der Waals surface area contributed by atoms with Gasteiger partial charge in [0.05, 0.1) is 6.61 Å². The first kappa shape index (κ1) is 15.4. The van der Waals surface area contributed by atoms with Gasteiger partial charge < -0.3 is 10.2 Å². The molecule has 1 atom stereocenters. The summed E-state index contributed by atoms with van der Waals surface area (Å²) in [6.07, 6.45) is 0. The molecule has 106 valence electrons.